The molecule has 2 aliphatic rings. The number of carbonyl (C=O) groups excluding carboxylic acids is 2. The van der Waals surface area contributed by atoms with E-state index in [9.17, 15) is 14.4 Å². The van der Waals surface area contributed by atoms with Gasteiger partial charge in [-0.25, -0.2) is 9.78 Å². The number of methoxy groups -OCH3 is 1. The molecule has 10 nitrogen and oxygen atoms in total. The van der Waals surface area contributed by atoms with E-state index in [1.165, 1.54) is 7.11 Å². The molecular weight excluding hydrogens is 475 g/mol. The fourth-order valence-electron chi connectivity index (χ4n) is 4.82. The molecule has 0 spiro atoms. The van der Waals surface area contributed by atoms with Gasteiger partial charge in [-0.2, -0.15) is 0 Å². The van der Waals surface area contributed by atoms with E-state index in [-0.39, 0.29) is 17.4 Å². The first kappa shape index (κ1) is 27.1. The van der Waals surface area contributed by atoms with Gasteiger partial charge in [0.05, 0.1) is 35.3 Å². The van der Waals surface area contributed by atoms with E-state index in [2.05, 4.69) is 10.3 Å². The Hall–Kier alpha value is -2.92. The summed E-state index contributed by atoms with van der Waals surface area (Å²) in [5, 5.41) is 3.11. The number of hydrogen-bond donors (Lipinski definition) is 2. The Balaban J connectivity index is 1.62. The van der Waals surface area contributed by atoms with Gasteiger partial charge in [0.1, 0.15) is 11.9 Å². The van der Waals surface area contributed by atoms with E-state index in [1.54, 1.807) is 17.0 Å². The van der Waals surface area contributed by atoms with Crippen LogP contribution in [0, 0.1) is 5.92 Å². The van der Waals surface area contributed by atoms with Gasteiger partial charge < -0.3 is 29.2 Å². The minimum absolute atomic E-state index is 0.0927. The zero-order valence-electron chi connectivity index (χ0n) is 22.7. The summed E-state index contributed by atoms with van der Waals surface area (Å²) in [6.45, 7) is 12.3. The highest BCUT2D eigenvalue weighted by atomic mass is 16.7. The predicted molar refractivity (Wildman–Crippen MR) is 141 cm³/mol. The SMILES string of the molecule is CC[C@@H](C)[C@H](NC(=O)OC)C(=O)N1CCC[C@H]1c1nc2ccc(B3OC(C)(C)C(C)(C)O3)cc2c(=O)[nH]1. The number of ether oxygens (including phenoxy) is 1. The predicted octanol–water partition coefficient (Wildman–Crippen LogP) is 2.66. The van der Waals surface area contributed by atoms with E-state index in [0.29, 0.717) is 36.1 Å². The van der Waals surface area contributed by atoms with Crippen LogP contribution in [0.2, 0.25) is 0 Å². The minimum Gasteiger partial charge on any atom is -0.453 e. The maximum absolute atomic E-state index is 13.5. The van der Waals surface area contributed by atoms with Crippen molar-refractivity contribution in [3.63, 3.8) is 0 Å². The molecule has 0 unspecified atom stereocenters. The Morgan fingerprint density at radius 3 is 2.57 bits per heavy atom. The van der Waals surface area contributed by atoms with Crippen molar-refractivity contribution < 1.29 is 23.6 Å². The molecule has 0 saturated carbocycles. The van der Waals surface area contributed by atoms with Gasteiger partial charge >= 0.3 is 13.2 Å². The molecule has 2 saturated heterocycles. The highest BCUT2D eigenvalue weighted by Gasteiger charge is 2.51. The Morgan fingerprint density at radius 2 is 1.95 bits per heavy atom. The van der Waals surface area contributed by atoms with Crippen molar-refractivity contribution in [3.8, 4) is 0 Å². The summed E-state index contributed by atoms with van der Waals surface area (Å²) in [7, 11) is 0.685. The van der Waals surface area contributed by atoms with Gasteiger partial charge in [-0.3, -0.25) is 9.59 Å². The number of alkyl carbamates (subject to hydrolysis) is 1. The van der Waals surface area contributed by atoms with E-state index in [1.807, 2.05) is 47.6 Å². The number of fused-ring (bicyclic) bond motifs is 1. The molecule has 0 radical (unpaired) electrons. The Kier molecular flexibility index (Phi) is 7.40. The van der Waals surface area contributed by atoms with Crippen molar-refractivity contribution in [2.75, 3.05) is 13.7 Å². The first-order valence-electron chi connectivity index (χ1n) is 12.9. The first-order valence-corrected chi connectivity index (χ1v) is 12.9. The van der Waals surface area contributed by atoms with Crippen molar-refractivity contribution in [3.05, 3.63) is 34.4 Å². The molecule has 2 N–H and O–H groups in total. The number of carbonyl (C=O) groups is 2. The number of aromatic nitrogens is 2. The summed E-state index contributed by atoms with van der Waals surface area (Å²) in [6, 6.07) is 4.28. The summed E-state index contributed by atoms with van der Waals surface area (Å²) in [5.41, 5.74) is 0.00719. The molecule has 4 rings (SSSR count). The molecule has 3 atom stereocenters. The van der Waals surface area contributed by atoms with Gasteiger partial charge in [0, 0.05) is 6.54 Å². The molecule has 2 aliphatic heterocycles. The third-order valence-electron chi connectivity index (χ3n) is 8.06. The normalized spacial score (nSPS) is 22.2. The van der Waals surface area contributed by atoms with Crippen LogP contribution in [-0.2, 0) is 18.8 Å². The molecule has 1 aromatic heterocycles. The molecule has 0 bridgehead atoms. The van der Waals surface area contributed by atoms with Crippen molar-refractivity contribution in [1.29, 1.82) is 0 Å². The number of benzene rings is 1. The number of likely N-dealkylation sites (tertiary alicyclic amines) is 1. The Morgan fingerprint density at radius 1 is 1.27 bits per heavy atom. The number of H-pyrrole nitrogens is 1. The lowest BCUT2D eigenvalue weighted by molar-refractivity contribution is -0.135. The summed E-state index contributed by atoms with van der Waals surface area (Å²) < 4.78 is 17.0. The van der Waals surface area contributed by atoms with Crippen LogP contribution in [0.5, 0.6) is 0 Å². The van der Waals surface area contributed by atoms with E-state index in [4.69, 9.17) is 19.0 Å². The molecule has 1 aromatic carbocycles. The second kappa shape index (κ2) is 10.1. The fraction of sp³-hybridized carbons (Fsp3) is 0.615. The van der Waals surface area contributed by atoms with Gasteiger partial charge in [0.15, 0.2) is 0 Å². The largest absolute Gasteiger partial charge is 0.494 e. The Labute approximate surface area is 217 Å². The van der Waals surface area contributed by atoms with Crippen molar-refractivity contribution in [2.24, 2.45) is 5.92 Å². The smallest absolute Gasteiger partial charge is 0.453 e. The highest BCUT2D eigenvalue weighted by molar-refractivity contribution is 6.62. The van der Waals surface area contributed by atoms with Gasteiger partial charge in [0.25, 0.3) is 5.56 Å². The van der Waals surface area contributed by atoms with Crippen LogP contribution in [0.3, 0.4) is 0 Å². The molecule has 11 heteroatoms. The van der Waals surface area contributed by atoms with Crippen molar-refractivity contribution in [2.45, 2.75) is 84.1 Å². The van der Waals surface area contributed by atoms with Gasteiger partial charge in [-0.1, -0.05) is 26.3 Å². The maximum atomic E-state index is 13.5. The molecule has 200 valence electrons. The lowest BCUT2D eigenvalue weighted by Gasteiger charge is -2.32. The molecule has 37 heavy (non-hydrogen) atoms. The van der Waals surface area contributed by atoms with E-state index < -0.39 is 36.5 Å². The molecular formula is C26H37BN4O6. The number of nitrogens with one attached hydrogen (secondary N) is 2. The number of hydrogen-bond acceptors (Lipinski definition) is 7. The van der Waals surface area contributed by atoms with Crippen LogP contribution in [0.4, 0.5) is 4.79 Å². The maximum Gasteiger partial charge on any atom is 0.494 e. The lowest BCUT2D eigenvalue weighted by atomic mass is 9.78. The van der Waals surface area contributed by atoms with E-state index in [0.717, 1.165) is 11.9 Å². The zero-order chi connectivity index (χ0) is 27.1. The number of nitrogens with zero attached hydrogens (tertiary/aromatic N) is 2. The van der Waals surface area contributed by atoms with Crippen LogP contribution in [0.15, 0.2) is 23.0 Å². The van der Waals surface area contributed by atoms with Crippen LogP contribution in [-0.4, -0.2) is 64.9 Å². The van der Waals surface area contributed by atoms with Gasteiger partial charge in [-0.15, -0.1) is 0 Å². The zero-order valence-corrected chi connectivity index (χ0v) is 22.7. The molecule has 0 aliphatic carbocycles. The van der Waals surface area contributed by atoms with Crippen LogP contribution >= 0.6 is 0 Å². The summed E-state index contributed by atoms with van der Waals surface area (Å²) in [5.74, 6) is 0.138. The lowest BCUT2D eigenvalue weighted by Crippen LogP contribution is -2.51. The Bertz CT molecular complexity index is 1230. The second-order valence-corrected chi connectivity index (χ2v) is 11.0. The standard InChI is InChI=1S/C26H37BN4O6/c1-8-15(2)20(29-24(34)35-7)23(33)31-13-9-10-19(31)21-28-18-12-11-16(14-17(18)22(32)30-21)27-36-25(3,4)26(5,6)37-27/h11-12,14-15,19-20H,8-10,13H2,1-7H3,(H,29,34)(H,28,30,32)/t15-,19+,20+/m1/s1. The summed E-state index contributed by atoms with van der Waals surface area (Å²) in [4.78, 5) is 48.0. The van der Waals surface area contributed by atoms with Gasteiger partial charge in [-0.05, 0) is 64.1 Å². The van der Waals surface area contributed by atoms with Gasteiger partial charge in [0.2, 0.25) is 5.91 Å². The molecule has 2 fully saturated rings. The summed E-state index contributed by atoms with van der Waals surface area (Å²) in [6.07, 6.45) is 1.49. The van der Waals surface area contributed by atoms with Crippen LogP contribution in [0.25, 0.3) is 10.9 Å². The molecule has 3 heterocycles. The minimum atomic E-state index is -0.729. The average Bonchev–Trinajstić information content (AvgIpc) is 3.43. The number of rotatable bonds is 6. The summed E-state index contributed by atoms with van der Waals surface area (Å²) >= 11 is 0. The molecule has 2 amide bonds. The monoisotopic (exact) mass is 512 g/mol. The third-order valence-corrected chi connectivity index (χ3v) is 8.06. The molecule has 2 aromatic rings. The fourth-order valence-corrected chi connectivity index (χ4v) is 4.82. The highest BCUT2D eigenvalue weighted by Crippen LogP contribution is 2.36. The topological polar surface area (TPSA) is 123 Å². The van der Waals surface area contributed by atoms with Crippen molar-refractivity contribution in [1.82, 2.24) is 20.2 Å². The van der Waals surface area contributed by atoms with Crippen LogP contribution < -0.4 is 16.3 Å². The van der Waals surface area contributed by atoms with E-state index >= 15 is 0 Å². The van der Waals surface area contributed by atoms with Crippen LogP contribution in [0.1, 0.15) is 72.7 Å². The average molecular weight is 512 g/mol. The van der Waals surface area contributed by atoms with Crippen molar-refractivity contribution >= 4 is 35.5 Å². The number of amides is 2. The second-order valence-electron chi connectivity index (χ2n) is 11.0. The number of aromatic amines is 1. The quantitative estimate of drug-likeness (QED) is 0.571. The third kappa shape index (κ3) is 5.11. The first-order chi connectivity index (χ1) is 17.4.